The molecule has 11 heteroatoms. The van der Waals surface area contributed by atoms with Crippen LogP contribution in [0.2, 0.25) is 0 Å². The van der Waals surface area contributed by atoms with E-state index in [2.05, 4.69) is 31.6 Å². The van der Waals surface area contributed by atoms with E-state index in [0.717, 1.165) is 36.0 Å². The van der Waals surface area contributed by atoms with Gasteiger partial charge in [-0.25, -0.2) is 23.9 Å². The van der Waals surface area contributed by atoms with Crippen molar-refractivity contribution in [1.82, 2.24) is 24.6 Å². The molecule has 1 aliphatic carbocycles. The quantitative estimate of drug-likeness (QED) is 0.455. The molecule has 3 aliphatic rings. The molecule has 2 saturated heterocycles. The van der Waals surface area contributed by atoms with Crippen LogP contribution in [0.25, 0.3) is 27.8 Å². The number of nitrogens with zero attached hydrogens (tertiary/aromatic N) is 6. The molecule has 0 aromatic carbocycles. The Morgan fingerprint density at radius 3 is 2.86 bits per heavy atom. The Bertz CT molecular complexity index is 1500. The third-order valence-corrected chi connectivity index (χ3v) is 7.13. The molecule has 2 atom stereocenters. The fourth-order valence-corrected chi connectivity index (χ4v) is 5.02. The number of anilines is 3. The van der Waals surface area contributed by atoms with Crippen LogP contribution < -0.4 is 15.5 Å². The van der Waals surface area contributed by atoms with Crippen LogP contribution in [-0.4, -0.2) is 68.5 Å². The number of morpholine rings is 1. The highest BCUT2D eigenvalue weighted by Gasteiger charge is 2.51. The van der Waals surface area contributed by atoms with Gasteiger partial charge in [-0.15, -0.1) is 5.10 Å². The maximum atomic E-state index is 14.2. The normalized spacial score (nSPS) is 22.2. The highest BCUT2D eigenvalue weighted by atomic mass is 19.1. The predicted octanol–water partition coefficient (Wildman–Crippen LogP) is 2.80. The molecule has 1 amide bonds. The Balaban J connectivity index is 1.29. The van der Waals surface area contributed by atoms with E-state index in [-0.39, 0.29) is 18.7 Å². The van der Waals surface area contributed by atoms with E-state index in [1.807, 2.05) is 12.3 Å². The van der Waals surface area contributed by atoms with Gasteiger partial charge in [0.25, 0.3) is 5.91 Å². The SMILES string of the molecule is CNc1ncc(-c2nc3ccc(N4C[C@H]5C[C@@H]4CO5)cn3n2)c2cc(NC(=O)C3(F)CC3)ncc12. The molecule has 178 valence electrons. The van der Waals surface area contributed by atoms with E-state index in [4.69, 9.17) is 14.8 Å². The number of hydrogen-bond donors (Lipinski definition) is 2. The minimum atomic E-state index is -1.78. The van der Waals surface area contributed by atoms with E-state index in [0.29, 0.717) is 35.0 Å². The van der Waals surface area contributed by atoms with Crippen molar-refractivity contribution in [2.45, 2.75) is 37.1 Å². The van der Waals surface area contributed by atoms with Crippen molar-refractivity contribution in [1.29, 1.82) is 0 Å². The molecule has 0 radical (unpaired) electrons. The number of aromatic nitrogens is 5. The summed E-state index contributed by atoms with van der Waals surface area (Å²) >= 11 is 0. The number of carbonyl (C=O) groups is 1. The average molecular weight is 475 g/mol. The summed E-state index contributed by atoms with van der Waals surface area (Å²) < 4.78 is 21.7. The highest BCUT2D eigenvalue weighted by molar-refractivity contribution is 6.04. The number of carbonyl (C=O) groups excluding carboxylic acids is 1. The third kappa shape index (κ3) is 3.29. The molecule has 1 saturated carbocycles. The molecule has 0 unspecified atom stereocenters. The van der Waals surface area contributed by atoms with Crippen LogP contribution >= 0.6 is 0 Å². The van der Waals surface area contributed by atoms with Gasteiger partial charge < -0.3 is 20.3 Å². The minimum absolute atomic E-state index is 0.241. The minimum Gasteiger partial charge on any atom is -0.374 e. The first-order valence-electron chi connectivity index (χ1n) is 11.7. The molecule has 7 rings (SSSR count). The fourth-order valence-electron chi connectivity index (χ4n) is 5.02. The second-order valence-electron chi connectivity index (χ2n) is 9.43. The summed E-state index contributed by atoms with van der Waals surface area (Å²) in [4.78, 5) is 28.1. The Hall–Kier alpha value is -3.86. The van der Waals surface area contributed by atoms with Gasteiger partial charge in [0.15, 0.2) is 17.1 Å². The lowest BCUT2D eigenvalue weighted by atomic mass is 10.1. The molecule has 6 heterocycles. The van der Waals surface area contributed by atoms with Gasteiger partial charge in [-0.2, -0.15) is 0 Å². The number of alkyl halides is 1. The van der Waals surface area contributed by atoms with E-state index in [1.54, 1.807) is 30.0 Å². The van der Waals surface area contributed by atoms with Crippen LogP contribution in [0.15, 0.2) is 36.8 Å². The van der Waals surface area contributed by atoms with Gasteiger partial charge in [0, 0.05) is 42.3 Å². The summed E-state index contributed by atoms with van der Waals surface area (Å²) in [6.07, 6.45) is 7.16. The number of rotatable bonds is 5. The van der Waals surface area contributed by atoms with Gasteiger partial charge in [-0.3, -0.25) is 4.79 Å². The van der Waals surface area contributed by atoms with Crippen molar-refractivity contribution < 1.29 is 13.9 Å². The Labute approximate surface area is 199 Å². The van der Waals surface area contributed by atoms with Crippen LogP contribution in [-0.2, 0) is 9.53 Å². The maximum Gasteiger partial charge on any atom is 0.263 e. The summed E-state index contributed by atoms with van der Waals surface area (Å²) in [5, 5.41) is 11.9. The van der Waals surface area contributed by atoms with Crippen molar-refractivity contribution in [3.8, 4) is 11.4 Å². The van der Waals surface area contributed by atoms with Gasteiger partial charge in [-0.05, 0) is 37.5 Å². The summed E-state index contributed by atoms with van der Waals surface area (Å²) in [6.45, 7) is 1.65. The number of halogens is 1. The number of nitrogens with one attached hydrogen (secondary N) is 2. The Morgan fingerprint density at radius 1 is 1.23 bits per heavy atom. The second kappa shape index (κ2) is 7.32. The van der Waals surface area contributed by atoms with Gasteiger partial charge in [0.2, 0.25) is 0 Å². The summed E-state index contributed by atoms with van der Waals surface area (Å²) in [5.41, 5.74) is 0.714. The molecular weight excluding hydrogens is 451 g/mol. The number of amides is 1. The predicted molar refractivity (Wildman–Crippen MR) is 128 cm³/mol. The Morgan fingerprint density at radius 2 is 2.11 bits per heavy atom. The first-order chi connectivity index (χ1) is 17.0. The van der Waals surface area contributed by atoms with Gasteiger partial charge >= 0.3 is 0 Å². The number of pyridine rings is 3. The van der Waals surface area contributed by atoms with E-state index >= 15 is 0 Å². The summed E-state index contributed by atoms with van der Waals surface area (Å²) in [5.74, 6) is 0.753. The molecular formula is C24H23FN8O2. The molecule has 0 spiro atoms. The van der Waals surface area contributed by atoms with Crippen molar-refractivity contribution in [3.63, 3.8) is 0 Å². The lowest BCUT2D eigenvalue weighted by Gasteiger charge is -2.28. The number of fused-ring (bicyclic) bond motifs is 4. The number of ether oxygens (including phenoxy) is 1. The fraction of sp³-hybridized carbons (Fsp3) is 0.375. The van der Waals surface area contributed by atoms with Crippen LogP contribution in [0, 0.1) is 0 Å². The smallest absolute Gasteiger partial charge is 0.263 e. The van der Waals surface area contributed by atoms with Crippen LogP contribution in [0.1, 0.15) is 19.3 Å². The zero-order valence-electron chi connectivity index (χ0n) is 19.0. The number of hydrogen-bond acceptors (Lipinski definition) is 8. The molecule has 10 nitrogen and oxygen atoms in total. The maximum absolute atomic E-state index is 14.2. The monoisotopic (exact) mass is 474 g/mol. The van der Waals surface area contributed by atoms with Gasteiger partial charge in [0.1, 0.15) is 11.6 Å². The molecule has 2 N–H and O–H groups in total. The third-order valence-electron chi connectivity index (χ3n) is 7.13. The molecule has 2 bridgehead atoms. The topological polar surface area (TPSA) is 110 Å². The second-order valence-corrected chi connectivity index (χ2v) is 9.43. The molecule has 35 heavy (non-hydrogen) atoms. The first kappa shape index (κ1) is 20.5. The van der Waals surface area contributed by atoms with Gasteiger partial charge in [0.05, 0.1) is 30.6 Å². The van der Waals surface area contributed by atoms with Gasteiger partial charge in [-0.1, -0.05) is 0 Å². The highest BCUT2D eigenvalue weighted by Crippen LogP contribution is 2.41. The molecule has 4 aromatic heterocycles. The van der Waals surface area contributed by atoms with E-state index < -0.39 is 11.6 Å². The van der Waals surface area contributed by atoms with E-state index in [9.17, 15) is 9.18 Å². The van der Waals surface area contributed by atoms with E-state index in [1.165, 1.54) is 0 Å². The van der Waals surface area contributed by atoms with Crippen LogP contribution in [0.4, 0.5) is 21.7 Å². The van der Waals surface area contributed by atoms with Crippen molar-refractivity contribution in [2.24, 2.45) is 0 Å². The molecule has 3 fully saturated rings. The van der Waals surface area contributed by atoms with Crippen molar-refractivity contribution >= 4 is 39.6 Å². The molecule has 4 aromatic rings. The Kier molecular flexibility index (Phi) is 4.29. The zero-order chi connectivity index (χ0) is 23.7. The van der Waals surface area contributed by atoms with Crippen molar-refractivity contribution in [2.75, 3.05) is 35.7 Å². The lowest BCUT2D eigenvalue weighted by molar-refractivity contribution is -0.122. The first-order valence-corrected chi connectivity index (χ1v) is 11.7. The largest absolute Gasteiger partial charge is 0.374 e. The standard InChI is InChI=1S/C24H23FN8O2/c1-26-21-17-8-27-19(29-23(34)24(25)4-5-24)7-16(17)18(9-28-21)22-30-20-3-2-13(10-33(20)31-22)32-11-15-6-14(32)12-35-15/h2-3,7-10,14-15H,4-6,11-12H2,1H3,(H,26,28)(H,27,29,34)/t14-,15-/m1/s1. The summed E-state index contributed by atoms with van der Waals surface area (Å²) in [6, 6.07) is 6.15. The van der Waals surface area contributed by atoms with Crippen molar-refractivity contribution in [3.05, 3.63) is 36.8 Å². The molecule has 2 aliphatic heterocycles. The van der Waals surface area contributed by atoms with Crippen LogP contribution in [0.5, 0.6) is 0 Å². The van der Waals surface area contributed by atoms with Crippen LogP contribution in [0.3, 0.4) is 0 Å². The average Bonchev–Trinajstić information content (AvgIpc) is 3.23. The summed E-state index contributed by atoms with van der Waals surface area (Å²) in [7, 11) is 1.78. The zero-order valence-corrected chi connectivity index (χ0v) is 19.0. The lowest BCUT2D eigenvalue weighted by Crippen LogP contribution is -2.37.